The van der Waals surface area contributed by atoms with E-state index in [9.17, 15) is 9.90 Å². The first-order valence-corrected chi connectivity index (χ1v) is 8.74. The van der Waals surface area contributed by atoms with E-state index < -0.39 is 5.60 Å². The SMILES string of the molecule is O=C(NCC1(O)CCSCC1)c1ccc2ccc(Cl)cc2n1. The number of benzene rings is 1. The average molecular weight is 337 g/mol. The van der Waals surface area contributed by atoms with Gasteiger partial charge in [0.1, 0.15) is 5.69 Å². The maximum absolute atomic E-state index is 12.2. The fourth-order valence-corrected chi connectivity index (χ4v) is 3.90. The number of hydrogen-bond donors (Lipinski definition) is 2. The van der Waals surface area contributed by atoms with Crippen LogP contribution in [0.1, 0.15) is 23.3 Å². The molecular weight excluding hydrogens is 320 g/mol. The van der Waals surface area contributed by atoms with Crippen molar-refractivity contribution in [3.63, 3.8) is 0 Å². The molecule has 1 amide bonds. The van der Waals surface area contributed by atoms with E-state index in [1.165, 1.54) is 0 Å². The van der Waals surface area contributed by atoms with Gasteiger partial charge >= 0.3 is 0 Å². The second-order valence-corrected chi connectivity index (χ2v) is 7.21. The summed E-state index contributed by atoms with van der Waals surface area (Å²) >= 11 is 7.79. The van der Waals surface area contributed by atoms with Gasteiger partial charge in [0.25, 0.3) is 5.91 Å². The molecule has 0 spiro atoms. The Balaban J connectivity index is 1.71. The monoisotopic (exact) mass is 336 g/mol. The summed E-state index contributed by atoms with van der Waals surface area (Å²) in [7, 11) is 0. The van der Waals surface area contributed by atoms with Gasteiger partial charge in [0, 0.05) is 17.0 Å². The molecule has 2 heterocycles. The van der Waals surface area contributed by atoms with Crippen molar-refractivity contribution in [2.75, 3.05) is 18.1 Å². The third-order valence-corrected chi connectivity index (χ3v) is 5.11. The van der Waals surface area contributed by atoms with Gasteiger partial charge in [-0.15, -0.1) is 0 Å². The number of carbonyl (C=O) groups excluding carboxylic acids is 1. The maximum Gasteiger partial charge on any atom is 0.270 e. The number of thioether (sulfide) groups is 1. The van der Waals surface area contributed by atoms with Gasteiger partial charge in [-0.1, -0.05) is 23.7 Å². The van der Waals surface area contributed by atoms with Crippen molar-refractivity contribution in [1.29, 1.82) is 0 Å². The van der Waals surface area contributed by atoms with Gasteiger partial charge in [-0.25, -0.2) is 4.98 Å². The van der Waals surface area contributed by atoms with Gasteiger partial charge in [-0.2, -0.15) is 11.8 Å². The number of aliphatic hydroxyl groups is 1. The zero-order valence-corrected chi connectivity index (χ0v) is 13.6. The van der Waals surface area contributed by atoms with Gasteiger partial charge in [-0.3, -0.25) is 4.79 Å². The van der Waals surface area contributed by atoms with E-state index in [0.29, 0.717) is 29.1 Å². The molecule has 0 aliphatic carbocycles. The summed E-state index contributed by atoms with van der Waals surface area (Å²) < 4.78 is 0. The highest BCUT2D eigenvalue weighted by Crippen LogP contribution is 2.26. The molecule has 1 aliphatic heterocycles. The Kier molecular flexibility index (Phi) is 4.57. The topological polar surface area (TPSA) is 62.2 Å². The number of nitrogens with zero attached hydrogens (tertiary/aromatic N) is 1. The van der Waals surface area contributed by atoms with Crippen molar-refractivity contribution in [3.05, 3.63) is 41.0 Å². The van der Waals surface area contributed by atoms with Crippen molar-refractivity contribution in [2.45, 2.75) is 18.4 Å². The molecule has 6 heteroatoms. The Hall–Kier alpha value is -1.30. The summed E-state index contributed by atoms with van der Waals surface area (Å²) in [6.45, 7) is 0.266. The van der Waals surface area contributed by atoms with Crippen LogP contribution >= 0.6 is 23.4 Å². The zero-order chi connectivity index (χ0) is 15.6. The second kappa shape index (κ2) is 6.44. The van der Waals surface area contributed by atoms with E-state index in [1.54, 1.807) is 18.2 Å². The van der Waals surface area contributed by atoms with Crippen LogP contribution in [0.15, 0.2) is 30.3 Å². The van der Waals surface area contributed by atoms with Crippen LogP contribution in [-0.4, -0.2) is 39.6 Å². The minimum Gasteiger partial charge on any atom is -0.388 e. The lowest BCUT2D eigenvalue weighted by molar-refractivity contribution is 0.0310. The molecule has 1 saturated heterocycles. The molecule has 2 aromatic rings. The van der Waals surface area contributed by atoms with Crippen LogP contribution in [0.5, 0.6) is 0 Å². The number of aromatic nitrogens is 1. The van der Waals surface area contributed by atoms with Crippen LogP contribution in [0.4, 0.5) is 0 Å². The first kappa shape index (κ1) is 15.6. The predicted octanol–water partition coefficient (Wildman–Crippen LogP) is 2.88. The van der Waals surface area contributed by atoms with Crippen LogP contribution in [-0.2, 0) is 0 Å². The highest BCUT2D eigenvalue weighted by atomic mass is 35.5. The lowest BCUT2D eigenvalue weighted by Gasteiger charge is -2.31. The number of rotatable bonds is 3. The molecule has 0 bridgehead atoms. The fourth-order valence-electron chi connectivity index (χ4n) is 2.48. The third-order valence-electron chi connectivity index (χ3n) is 3.89. The third kappa shape index (κ3) is 3.54. The molecule has 0 saturated carbocycles. The minimum absolute atomic E-state index is 0.266. The Morgan fingerprint density at radius 3 is 2.82 bits per heavy atom. The maximum atomic E-state index is 12.2. The number of fused-ring (bicyclic) bond motifs is 1. The van der Waals surface area contributed by atoms with E-state index in [-0.39, 0.29) is 12.5 Å². The lowest BCUT2D eigenvalue weighted by Crippen LogP contribution is -2.45. The number of amides is 1. The van der Waals surface area contributed by atoms with E-state index in [2.05, 4.69) is 10.3 Å². The fraction of sp³-hybridized carbons (Fsp3) is 0.375. The van der Waals surface area contributed by atoms with Crippen LogP contribution in [0, 0.1) is 0 Å². The largest absolute Gasteiger partial charge is 0.388 e. The van der Waals surface area contributed by atoms with Crippen molar-refractivity contribution in [2.24, 2.45) is 0 Å². The Labute approximate surface area is 138 Å². The Morgan fingerprint density at radius 2 is 2.05 bits per heavy atom. The van der Waals surface area contributed by atoms with E-state index >= 15 is 0 Å². The van der Waals surface area contributed by atoms with Gasteiger partial charge in [0.15, 0.2) is 0 Å². The lowest BCUT2D eigenvalue weighted by atomic mass is 9.97. The van der Waals surface area contributed by atoms with Crippen molar-refractivity contribution in [3.8, 4) is 0 Å². The van der Waals surface area contributed by atoms with Crippen molar-refractivity contribution < 1.29 is 9.90 Å². The quantitative estimate of drug-likeness (QED) is 0.904. The number of halogens is 1. The molecule has 0 atom stereocenters. The summed E-state index contributed by atoms with van der Waals surface area (Å²) in [5.41, 5.74) is 0.234. The molecule has 4 nitrogen and oxygen atoms in total. The number of pyridine rings is 1. The Morgan fingerprint density at radius 1 is 1.32 bits per heavy atom. The summed E-state index contributed by atoms with van der Waals surface area (Å²) in [5.74, 6) is 1.59. The second-order valence-electron chi connectivity index (χ2n) is 5.55. The molecule has 2 N–H and O–H groups in total. The van der Waals surface area contributed by atoms with E-state index in [0.717, 1.165) is 16.9 Å². The normalized spacial score (nSPS) is 17.4. The molecule has 0 radical (unpaired) electrons. The number of carbonyl (C=O) groups is 1. The summed E-state index contributed by atoms with van der Waals surface area (Å²) in [5, 5.41) is 14.7. The standard InChI is InChI=1S/C16H17ClN2O2S/c17-12-3-1-11-2-4-13(19-14(11)9-12)15(20)18-10-16(21)5-7-22-8-6-16/h1-4,9,21H,5-8,10H2,(H,18,20). The molecule has 1 aliphatic rings. The molecular formula is C16H17ClN2O2S. The van der Waals surface area contributed by atoms with Gasteiger partial charge in [-0.05, 0) is 42.5 Å². The first-order valence-electron chi connectivity index (χ1n) is 7.20. The van der Waals surface area contributed by atoms with Crippen molar-refractivity contribution in [1.82, 2.24) is 10.3 Å². The summed E-state index contributed by atoms with van der Waals surface area (Å²) in [6, 6.07) is 8.93. The minimum atomic E-state index is -0.791. The van der Waals surface area contributed by atoms with Crippen LogP contribution < -0.4 is 5.32 Å². The van der Waals surface area contributed by atoms with E-state index in [1.807, 2.05) is 23.9 Å². The Bertz CT molecular complexity index is 702. The number of nitrogens with one attached hydrogen (secondary N) is 1. The molecule has 0 unspecified atom stereocenters. The molecule has 116 valence electrons. The molecule has 22 heavy (non-hydrogen) atoms. The summed E-state index contributed by atoms with van der Waals surface area (Å²) in [4.78, 5) is 16.6. The number of hydrogen-bond acceptors (Lipinski definition) is 4. The zero-order valence-electron chi connectivity index (χ0n) is 12.0. The molecule has 1 fully saturated rings. The van der Waals surface area contributed by atoms with Crippen LogP contribution in [0.2, 0.25) is 5.02 Å². The van der Waals surface area contributed by atoms with Gasteiger partial charge in [0.05, 0.1) is 11.1 Å². The smallest absolute Gasteiger partial charge is 0.270 e. The van der Waals surface area contributed by atoms with Crippen molar-refractivity contribution >= 4 is 40.2 Å². The highest BCUT2D eigenvalue weighted by molar-refractivity contribution is 7.99. The average Bonchev–Trinajstić information content (AvgIpc) is 2.52. The van der Waals surface area contributed by atoms with Crippen LogP contribution in [0.25, 0.3) is 10.9 Å². The summed E-state index contributed by atoms with van der Waals surface area (Å²) in [6.07, 6.45) is 1.41. The van der Waals surface area contributed by atoms with Gasteiger partial charge < -0.3 is 10.4 Å². The highest BCUT2D eigenvalue weighted by Gasteiger charge is 2.30. The molecule has 3 rings (SSSR count). The molecule has 1 aromatic heterocycles. The van der Waals surface area contributed by atoms with Gasteiger partial charge in [0.2, 0.25) is 0 Å². The van der Waals surface area contributed by atoms with E-state index in [4.69, 9.17) is 11.6 Å². The van der Waals surface area contributed by atoms with Crippen LogP contribution in [0.3, 0.4) is 0 Å². The predicted molar refractivity (Wildman–Crippen MR) is 90.6 cm³/mol. The molecule has 1 aromatic carbocycles. The first-order chi connectivity index (χ1) is 10.6.